The van der Waals surface area contributed by atoms with Crippen molar-refractivity contribution in [2.75, 3.05) is 0 Å². The maximum atomic E-state index is 9.89. The van der Waals surface area contributed by atoms with Crippen LogP contribution in [0.1, 0.15) is 0 Å². The third kappa shape index (κ3) is 34.4. The minimum Gasteiger partial charge on any atom is -0.265 e. The molecule has 1 rings (SSSR count). The zero-order chi connectivity index (χ0) is 9.69. The van der Waals surface area contributed by atoms with Crippen molar-refractivity contribution in [1.29, 1.82) is 0 Å². The van der Waals surface area contributed by atoms with E-state index in [4.69, 9.17) is 0 Å². The zero-order valence-electron chi connectivity index (χ0n) is 6.01. The van der Waals surface area contributed by atoms with Crippen LogP contribution in [0.5, 0.6) is 0 Å². The van der Waals surface area contributed by atoms with Crippen molar-refractivity contribution in [1.82, 2.24) is 4.98 Å². The molecule has 0 atom stereocenters. The van der Waals surface area contributed by atoms with E-state index in [1.54, 1.807) is 12.4 Å². The van der Waals surface area contributed by atoms with Gasteiger partial charge in [0.1, 0.15) is 0 Å². The second kappa shape index (κ2) is 5.25. The summed E-state index contributed by atoms with van der Waals surface area (Å²) in [7, 11) is 0. The molecule has 0 fully saturated rings. The van der Waals surface area contributed by atoms with Gasteiger partial charge < -0.3 is 0 Å². The second-order valence-corrected chi connectivity index (χ2v) is 4.65. The van der Waals surface area contributed by atoms with Gasteiger partial charge in [-0.1, -0.05) is 6.07 Å². The standard InChI is InChI=1S/C5H5N.F5I.FH/c1-2-4-6-5-3-1;1-6(2,3,4)5;/h1-5H;;1H. The minimum absolute atomic E-state index is 0. The Morgan fingerprint density at radius 1 is 0.769 bits per heavy atom. The van der Waals surface area contributed by atoms with Gasteiger partial charge in [-0.15, -0.1) is 0 Å². The number of rotatable bonds is 0. The van der Waals surface area contributed by atoms with Gasteiger partial charge in [-0.05, 0) is 12.1 Å². The summed E-state index contributed by atoms with van der Waals surface area (Å²) in [4.78, 5) is 3.78. The molecule has 1 nitrogen and oxygen atoms in total. The molecule has 0 amide bonds. The topological polar surface area (TPSA) is 12.9 Å². The summed E-state index contributed by atoms with van der Waals surface area (Å²) < 4.78 is 49.5. The van der Waals surface area contributed by atoms with Crippen molar-refractivity contribution in [3.63, 3.8) is 0 Å². The number of aromatic nitrogens is 1. The van der Waals surface area contributed by atoms with Gasteiger partial charge in [0.2, 0.25) is 0 Å². The fraction of sp³-hybridized carbons (Fsp3) is 0. The first-order valence-corrected chi connectivity index (χ1v) is 6.64. The van der Waals surface area contributed by atoms with Gasteiger partial charge in [-0.25, -0.2) is 0 Å². The van der Waals surface area contributed by atoms with Gasteiger partial charge in [0.15, 0.2) is 0 Å². The SMILES string of the molecule is F.FI(F)(F)(F)F.c1ccncc1. The smallest absolute Gasteiger partial charge is 0.0267 e. The Morgan fingerprint density at radius 2 is 1.08 bits per heavy atom. The van der Waals surface area contributed by atoms with Crippen LogP contribution in [0, 0.1) is 0 Å². The molecule has 0 aliphatic carbocycles. The van der Waals surface area contributed by atoms with Gasteiger partial charge in [-0.3, -0.25) is 9.69 Å². The number of hydrogen-bond acceptors (Lipinski definition) is 1. The van der Waals surface area contributed by atoms with Crippen LogP contribution >= 0.6 is 19.9 Å². The first-order valence-electron chi connectivity index (χ1n) is 2.56. The van der Waals surface area contributed by atoms with E-state index in [-0.39, 0.29) is 4.70 Å². The quantitative estimate of drug-likeness (QED) is 0.515. The summed E-state index contributed by atoms with van der Waals surface area (Å²) in [5, 5.41) is 0. The average Bonchev–Trinajstić information content (AvgIpc) is 1.86. The molecule has 0 aromatic carbocycles. The molecule has 0 saturated carbocycles. The van der Waals surface area contributed by atoms with Crippen LogP contribution in [-0.2, 0) is 0 Å². The first-order chi connectivity index (χ1) is 5.24. The molecule has 0 bridgehead atoms. The predicted octanol–water partition coefficient (Wildman–Crippen LogP) is 4.22. The van der Waals surface area contributed by atoms with Gasteiger partial charge >= 0.3 is 34.2 Å². The summed E-state index contributed by atoms with van der Waals surface area (Å²) in [5.74, 6) is 0. The Kier molecular flexibility index (Phi) is 6.04. The van der Waals surface area contributed by atoms with Gasteiger partial charge in [0.25, 0.3) is 0 Å². The fourth-order valence-electron chi connectivity index (χ4n) is 0.313. The Balaban J connectivity index is 0. The Bertz CT molecular complexity index is 176. The van der Waals surface area contributed by atoms with Crippen LogP contribution in [0.4, 0.5) is 19.0 Å². The number of hydrogen-bond donors (Lipinski definition) is 0. The molecule has 0 aliphatic heterocycles. The predicted molar refractivity (Wildman–Crippen MR) is 46.3 cm³/mol. The second-order valence-electron chi connectivity index (χ2n) is 1.56. The van der Waals surface area contributed by atoms with Gasteiger partial charge in [0.05, 0.1) is 0 Å². The van der Waals surface area contributed by atoms with Crippen LogP contribution in [0.25, 0.3) is 0 Å². The molecule has 1 aromatic heterocycles. The third-order valence-corrected chi connectivity index (χ3v) is 0.566. The fourth-order valence-corrected chi connectivity index (χ4v) is 0.313. The zero-order valence-corrected chi connectivity index (χ0v) is 8.17. The van der Waals surface area contributed by atoms with Crippen molar-refractivity contribution in [3.05, 3.63) is 30.6 Å². The number of pyridine rings is 1. The molecule has 0 saturated heterocycles. The third-order valence-electron chi connectivity index (χ3n) is 0.566. The van der Waals surface area contributed by atoms with Crippen LogP contribution in [0.2, 0.25) is 0 Å². The molecule has 0 radical (unpaired) electrons. The van der Waals surface area contributed by atoms with E-state index >= 15 is 0 Å². The Morgan fingerprint density at radius 3 is 1.15 bits per heavy atom. The van der Waals surface area contributed by atoms with Crippen LogP contribution in [0.3, 0.4) is 0 Å². The Labute approximate surface area is 74.9 Å². The molecule has 0 spiro atoms. The minimum atomic E-state index is -9.05. The molecule has 0 unspecified atom stereocenters. The molecule has 0 aliphatic rings. The molecular formula is C5H6F6IN. The summed E-state index contributed by atoms with van der Waals surface area (Å²) in [6.45, 7) is 0. The molecular weight excluding hydrogens is 315 g/mol. The Hall–Kier alpha value is -0.540. The molecule has 1 aromatic rings. The summed E-state index contributed by atoms with van der Waals surface area (Å²) in [6, 6.07) is 5.72. The molecule has 0 N–H and O–H groups in total. The van der Waals surface area contributed by atoms with Crippen molar-refractivity contribution in [3.8, 4) is 0 Å². The average molecular weight is 321 g/mol. The van der Waals surface area contributed by atoms with Crippen LogP contribution in [0.15, 0.2) is 30.6 Å². The van der Waals surface area contributed by atoms with E-state index in [0.717, 1.165) is 0 Å². The van der Waals surface area contributed by atoms with E-state index in [9.17, 15) is 14.3 Å². The summed E-state index contributed by atoms with van der Waals surface area (Å²) in [5.41, 5.74) is 0. The van der Waals surface area contributed by atoms with Gasteiger partial charge in [0, 0.05) is 12.4 Å². The normalized spacial score (nSPS) is 12.5. The molecule has 1 heterocycles. The van der Waals surface area contributed by atoms with E-state index in [1.807, 2.05) is 18.2 Å². The maximum Gasteiger partial charge on any atom is 0.0267 e. The monoisotopic (exact) mass is 321 g/mol. The molecule has 13 heavy (non-hydrogen) atoms. The van der Waals surface area contributed by atoms with E-state index < -0.39 is 19.9 Å². The van der Waals surface area contributed by atoms with Crippen molar-refractivity contribution in [2.45, 2.75) is 0 Å². The number of halogens is 7. The molecule has 80 valence electrons. The number of nitrogens with zero attached hydrogens (tertiary/aromatic N) is 1. The summed E-state index contributed by atoms with van der Waals surface area (Å²) >= 11 is -9.05. The van der Waals surface area contributed by atoms with E-state index in [2.05, 4.69) is 4.98 Å². The summed E-state index contributed by atoms with van der Waals surface area (Å²) in [6.07, 6.45) is 3.50. The van der Waals surface area contributed by atoms with Crippen LogP contribution < -0.4 is 0 Å². The van der Waals surface area contributed by atoms with Crippen molar-refractivity contribution in [2.24, 2.45) is 0 Å². The molecule has 8 heteroatoms. The van der Waals surface area contributed by atoms with E-state index in [0.29, 0.717) is 0 Å². The van der Waals surface area contributed by atoms with Crippen molar-refractivity contribution >= 4 is 19.9 Å². The van der Waals surface area contributed by atoms with Crippen LogP contribution in [-0.4, -0.2) is 4.98 Å². The largest absolute Gasteiger partial charge is 0.265 e. The first kappa shape index (κ1) is 15.0. The van der Waals surface area contributed by atoms with Gasteiger partial charge in [-0.2, -0.15) is 0 Å². The van der Waals surface area contributed by atoms with Crippen molar-refractivity contribution < 1.29 is 19.0 Å². The maximum absolute atomic E-state index is 9.89. The van der Waals surface area contributed by atoms with E-state index in [1.165, 1.54) is 0 Å².